The number of rotatable bonds is 8. The summed E-state index contributed by atoms with van der Waals surface area (Å²) in [6, 6.07) is 19.3. The van der Waals surface area contributed by atoms with E-state index in [4.69, 9.17) is 16.3 Å². The lowest BCUT2D eigenvalue weighted by Gasteiger charge is -2.19. The largest absolute Gasteiger partial charge is 0.495 e. The topological polar surface area (TPSA) is 84.5 Å². The summed E-state index contributed by atoms with van der Waals surface area (Å²) in [5.41, 5.74) is 1.36. The van der Waals surface area contributed by atoms with E-state index in [0.29, 0.717) is 11.4 Å². The molecule has 0 aromatic heterocycles. The average Bonchev–Trinajstić information content (AvgIpc) is 2.74. The van der Waals surface area contributed by atoms with Crippen LogP contribution in [0.3, 0.4) is 0 Å². The number of amides is 1. The van der Waals surface area contributed by atoms with Crippen molar-refractivity contribution in [1.82, 2.24) is 4.72 Å². The third-order valence-corrected chi connectivity index (χ3v) is 6.68. The maximum Gasteiger partial charge on any atom is 0.242 e. The van der Waals surface area contributed by atoms with E-state index in [0.717, 1.165) is 10.0 Å². The lowest BCUT2D eigenvalue weighted by Crippen LogP contribution is -2.45. The van der Waals surface area contributed by atoms with Crippen LogP contribution in [0.5, 0.6) is 5.75 Å². The van der Waals surface area contributed by atoms with Gasteiger partial charge in [0.15, 0.2) is 0 Å². The highest BCUT2D eigenvalue weighted by molar-refractivity contribution is 9.10. The molecule has 3 rings (SSSR count). The summed E-state index contributed by atoms with van der Waals surface area (Å²) < 4.78 is 34.4. The molecule has 2 N–H and O–H groups in total. The lowest BCUT2D eigenvalue weighted by molar-refractivity contribution is -0.117. The summed E-state index contributed by atoms with van der Waals surface area (Å²) in [4.78, 5) is 12.9. The molecule has 0 heterocycles. The van der Waals surface area contributed by atoms with Crippen LogP contribution in [-0.2, 0) is 21.2 Å². The molecule has 31 heavy (non-hydrogen) atoms. The first-order valence-corrected chi connectivity index (χ1v) is 11.9. The zero-order valence-corrected chi connectivity index (χ0v) is 19.7. The van der Waals surface area contributed by atoms with Crippen LogP contribution in [0, 0.1) is 0 Å². The molecule has 1 atom stereocenters. The Morgan fingerprint density at radius 3 is 2.45 bits per heavy atom. The van der Waals surface area contributed by atoms with Crippen molar-refractivity contribution in [3.63, 3.8) is 0 Å². The van der Waals surface area contributed by atoms with Crippen molar-refractivity contribution < 1.29 is 17.9 Å². The molecule has 9 heteroatoms. The van der Waals surface area contributed by atoms with Crippen molar-refractivity contribution in [2.45, 2.75) is 17.4 Å². The van der Waals surface area contributed by atoms with Gasteiger partial charge in [0.1, 0.15) is 11.8 Å². The summed E-state index contributed by atoms with van der Waals surface area (Å²) >= 11 is 9.44. The third kappa shape index (κ3) is 6.30. The van der Waals surface area contributed by atoms with Crippen LogP contribution in [0.1, 0.15) is 5.56 Å². The van der Waals surface area contributed by atoms with Gasteiger partial charge >= 0.3 is 0 Å². The van der Waals surface area contributed by atoms with Crippen LogP contribution in [0.2, 0.25) is 5.02 Å². The fraction of sp³-hybridized carbons (Fsp3) is 0.136. The zero-order chi connectivity index (χ0) is 22.4. The van der Waals surface area contributed by atoms with Crippen molar-refractivity contribution in [2.24, 2.45) is 0 Å². The number of halogens is 2. The molecule has 6 nitrogen and oxygen atoms in total. The van der Waals surface area contributed by atoms with Crippen molar-refractivity contribution in [3.05, 3.63) is 87.9 Å². The first kappa shape index (κ1) is 23.3. The van der Waals surface area contributed by atoms with Crippen molar-refractivity contribution in [2.75, 3.05) is 12.4 Å². The van der Waals surface area contributed by atoms with E-state index in [1.165, 1.54) is 25.3 Å². The molecule has 0 unspecified atom stereocenters. The van der Waals surface area contributed by atoms with Gasteiger partial charge in [0, 0.05) is 10.2 Å². The standard InChI is InChI=1S/C22H20BrClN2O4S/c1-30-21-11-10-18(14-19(21)24)31(28,29)26-20(12-15-6-3-2-4-7-15)22(27)25-17-9-5-8-16(23)13-17/h2-11,13-14,20,26H,12H2,1H3,(H,25,27)/t20-/m0/s1. The maximum atomic E-state index is 13.0. The Morgan fingerprint density at radius 1 is 1.06 bits per heavy atom. The van der Waals surface area contributed by atoms with Gasteiger partial charge in [0.25, 0.3) is 0 Å². The molecule has 3 aromatic carbocycles. The first-order valence-electron chi connectivity index (χ1n) is 9.25. The predicted octanol–water partition coefficient (Wildman–Crippen LogP) is 4.64. The molecule has 0 aliphatic rings. The monoisotopic (exact) mass is 522 g/mol. The number of hydrogen-bond donors (Lipinski definition) is 2. The van der Waals surface area contributed by atoms with Gasteiger partial charge < -0.3 is 10.1 Å². The van der Waals surface area contributed by atoms with Gasteiger partial charge in [-0.3, -0.25) is 4.79 Å². The number of benzene rings is 3. The van der Waals surface area contributed by atoms with Crippen LogP contribution in [0.4, 0.5) is 5.69 Å². The normalized spacial score (nSPS) is 12.2. The van der Waals surface area contributed by atoms with Crippen LogP contribution < -0.4 is 14.8 Å². The molecule has 0 radical (unpaired) electrons. The Kier molecular flexibility index (Phi) is 7.72. The van der Waals surface area contributed by atoms with E-state index in [1.807, 2.05) is 36.4 Å². The SMILES string of the molecule is COc1ccc(S(=O)(=O)N[C@@H](Cc2ccccc2)C(=O)Nc2cccc(Br)c2)cc1Cl. The van der Waals surface area contributed by atoms with Gasteiger partial charge in [-0.1, -0.05) is 63.9 Å². The van der Waals surface area contributed by atoms with Gasteiger partial charge in [0.2, 0.25) is 15.9 Å². The molecule has 0 aliphatic carbocycles. The Labute approximate surface area is 194 Å². The van der Waals surface area contributed by atoms with E-state index in [9.17, 15) is 13.2 Å². The molecular weight excluding hydrogens is 504 g/mol. The van der Waals surface area contributed by atoms with Gasteiger partial charge in [-0.2, -0.15) is 4.72 Å². The smallest absolute Gasteiger partial charge is 0.242 e. The number of anilines is 1. The third-order valence-electron chi connectivity index (χ3n) is 4.42. The quantitative estimate of drug-likeness (QED) is 0.451. The molecule has 0 spiro atoms. The molecule has 0 bridgehead atoms. The number of nitrogens with one attached hydrogen (secondary N) is 2. The van der Waals surface area contributed by atoms with Crippen molar-refractivity contribution in [1.29, 1.82) is 0 Å². The Bertz CT molecular complexity index is 1170. The Balaban J connectivity index is 1.88. The van der Waals surface area contributed by atoms with E-state index < -0.39 is 22.0 Å². The molecule has 1 amide bonds. The van der Waals surface area contributed by atoms with E-state index in [1.54, 1.807) is 18.2 Å². The number of methoxy groups -OCH3 is 1. The van der Waals surface area contributed by atoms with E-state index in [-0.39, 0.29) is 16.3 Å². The minimum atomic E-state index is -4.03. The zero-order valence-electron chi connectivity index (χ0n) is 16.5. The molecular formula is C22H20BrClN2O4S. The maximum absolute atomic E-state index is 13.0. The molecule has 0 fully saturated rings. The number of carbonyl (C=O) groups is 1. The van der Waals surface area contributed by atoms with Gasteiger partial charge in [-0.05, 0) is 48.4 Å². The highest BCUT2D eigenvalue weighted by atomic mass is 79.9. The second kappa shape index (κ2) is 10.3. The van der Waals surface area contributed by atoms with Crippen LogP contribution >= 0.6 is 27.5 Å². The van der Waals surface area contributed by atoms with Gasteiger partial charge in [-0.15, -0.1) is 0 Å². The fourth-order valence-corrected chi connectivity index (χ4v) is 4.85. The first-order chi connectivity index (χ1) is 14.8. The fourth-order valence-electron chi connectivity index (χ4n) is 2.90. The second-order valence-corrected chi connectivity index (χ2v) is 9.70. The summed E-state index contributed by atoms with van der Waals surface area (Å²) in [7, 11) is -2.59. The highest BCUT2D eigenvalue weighted by Crippen LogP contribution is 2.27. The number of sulfonamides is 1. The summed E-state index contributed by atoms with van der Waals surface area (Å²) in [5, 5.41) is 2.92. The Morgan fingerprint density at radius 2 is 1.81 bits per heavy atom. The summed E-state index contributed by atoms with van der Waals surface area (Å²) in [6.07, 6.45) is 0.170. The second-order valence-electron chi connectivity index (χ2n) is 6.66. The molecule has 162 valence electrons. The number of hydrogen-bond acceptors (Lipinski definition) is 4. The predicted molar refractivity (Wildman–Crippen MR) is 125 cm³/mol. The highest BCUT2D eigenvalue weighted by Gasteiger charge is 2.27. The number of ether oxygens (including phenoxy) is 1. The van der Waals surface area contributed by atoms with Crippen molar-refractivity contribution in [3.8, 4) is 5.75 Å². The summed E-state index contributed by atoms with van der Waals surface area (Å²) in [5.74, 6) is -0.126. The molecule has 0 saturated carbocycles. The van der Waals surface area contributed by atoms with Crippen LogP contribution in [0.25, 0.3) is 0 Å². The molecule has 3 aromatic rings. The van der Waals surface area contributed by atoms with Crippen LogP contribution in [0.15, 0.2) is 82.2 Å². The molecule has 0 saturated heterocycles. The number of carbonyl (C=O) groups excluding carboxylic acids is 1. The van der Waals surface area contributed by atoms with E-state index in [2.05, 4.69) is 26.0 Å². The average molecular weight is 524 g/mol. The minimum Gasteiger partial charge on any atom is -0.495 e. The van der Waals surface area contributed by atoms with Crippen LogP contribution in [-0.4, -0.2) is 27.5 Å². The Hall–Kier alpha value is -2.39. The van der Waals surface area contributed by atoms with Crippen molar-refractivity contribution >= 4 is 49.1 Å². The lowest BCUT2D eigenvalue weighted by atomic mass is 10.1. The minimum absolute atomic E-state index is 0.0633. The summed E-state index contributed by atoms with van der Waals surface area (Å²) in [6.45, 7) is 0. The molecule has 0 aliphatic heterocycles. The van der Waals surface area contributed by atoms with E-state index >= 15 is 0 Å². The van der Waals surface area contributed by atoms with Gasteiger partial charge in [-0.25, -0.2) is 8.42 Å². The van der Waals surface area contributed by atoms with Gasteiger partial charge in [0.05, 0.1) is 17.0 Å².